The van der Waals surface area contributed by atoms with Gasteiger partial charge < -0.3 is 10.1 Å². The minimum atomic E-state index is -4.33. The Labute approximate surface area is 175 Å². The zero-order valence-corrected chi connectivity index (χ0v) is 16.8. The number of fused-ring (bicyclic) bond motifs is 1. The molecule has 154 valence electrons. The standard InChI is InChI=1S/C22H18F3N3OS/c1-14-21(15-2-4-16(5-3-15)22(23,24)25)18-7-6-17(12-19(18)30-14)29-11-10-27-20-8-9-26-13-28-20/h2-9,12-13H,10-11H2,1H3,(H,26,27,28). The highest BCUT2D eigenvalue weighted by Gasteiger charge is 2.30. The average Bonchev–Trinajstić information content (AvgIpc) is 3.06. The van der Waals surface area contributed by atoms with E-state index in [-0.39, 0.29) is 0 Å². The number of hydrogen-bond donors (Lipinski definition) is 1. The van der Waals surface area contributed by atoms with Crippen molar-refractivity contribution in [1.29, 1.82) is 0 Å². The molecule has 0 spiro atoms. The number of rotatable bonds is 6. The van der Waals surface area contributed by atoms with Gasteiger partial charge in [0.25, 0.3) is 0 Å². The summed E-state index contributed by atoms with van der Waals surface area (Å²) in [5.74, 6) is 1.48. The summed E-state index contributed by atoms with van der Waals surface area (Å²) < 4.78 is 45.4. The number of anilines is 1. The predicted molar refractivity (Wildman–Crippen MR) is 113 cm³/mol. The van der Waals surface area contributed by atoms with Crippen LogP contribution in [-0.4, -0.2) is 23.1 Å². The van der Waals surface area contributed by atoms with E-state index in [0.29, 0.717) is 13.2 Å². The van der Waals surface area contributed by atoms with Crippen molar-refractivity contribution in [2.24, 2.45) is 0 Å². The zero-order chi connectivity index (χ0) is 21.1. The molecule has 0 bridgehead atoms. The fourth-order valence-electron chi connectivity index (χ4n) is 3.22. The fourth-order valence-corrected chi connectivity index (χ4v) is 4.33. The molecule has 0 fully saturated rings. The molecule has 4 rings (SSSR count). The van der Waals surface area contributed by atoms with Gasteiger partial charge in [0.15, 0.2) is 0 Å². The number of alkyl halides is 3. The Bertz CT molecular complexity index is 1140. The highest BCUT2D eigenvalue weighted by molar-refractivity contribution is 7.19. The lowest BCUT2D eigenvalue weighted by atomic mass is 10.0. The molecule has 0 saturated carbocycles. The normalized spacial score (nSPS) is 11.6. The van der Waals surface area contributed by atoms with Crippen molar-refractivity contribution in [3.05, 3.63) is 71.5 Å². The van der Waals surface area contributed by atoms with E-state index >= 15 is 0 Å². The average molecular weight is 429 g/mol. The Morgan fingerprint density at radius 3 is 2.57 bits per heavy atom. The van der Waals surface area contributed by atoms with Gasteiger partial charge in [-0.3, -0.25) is 0 Å². The maximum Gasteiger partial charge on any atom is 0.416 e. The van der Waals surface area contributed by atoms with Gasteiger partial charge in [0.2, 0.25) is 0 Å². The van der Waals surface area contributed by atoms with E-state index in [2.05, 4.69) is 15.3 Å². The van der Waals surface area contributed by atoms with Crippen molar-refractivity contribution < 1.29 is 17.9 Å². The second-order valence-electron chi connectivity index (χ2n) is 6.64. The molecule has 30 heavy (non-hydrogen) atoms. The molecular weight excluding hydrogens is 411 g/mol. The number of benzene rings is 2. The molecule has 2 aromatic carbocycles. The molecule has 0 radical (unpaired) electrons. The van der Waals surface area contributed by atoms with E-state index in [1.807, 2.05) is 25.1 Å². The van der Waals surface area contributed by atoms with Gasteiger partial charge in [-0.05, 0) is 48.9 Å². The molecule has 2 heterocycles. The molecule has 0 unspecified atom stereocenters. The maximum absolute atomic E-state index is 12.8. The quantitative estimate of drug-likeness (QED) is 0.372. The first kappa shape index (κ1) is 20.2. The molecular formula is C22H18F3N3OS. The van der Waals surface area contributed by atoms with Crippen LogP contribution in [0.5, 0.6) is 5.75 Å². The third-order valence-corrected chi connectivity index (χ3v) is 5.67. The van der Waals surface area contributed by atoms with Crippen molar-refractivity contribution in [2.75, 3.05) is 18.5 Å². The molecule has 8 heteroatoms. The van der Waals surface area contributed by atoms with Gasteiger partial charge >= 0.3 is 6.18 Å². The third kappa shape index (κ3) is 4.38. The van der Waals surface area contributed by atoms with Crippen LogP contribution in [0, 0.1) is 6.92 Å². The smallest absolute Gasteiger partial charge is 0.416 e. The first-order valence-corrected chi connectivity index (χ1v) is 10.1. The van der Waals surface area contributed by atoms with Crippen LogP contribution in [0.3, 0.4) is 0 Å². The summed E-state index contributed by atoms with van der Waals surface area (Å²) in [6.07, 6.45) is -1.19. The predicted octanol–water partition coefficient (Wildman–Crippen LogP) is 6.18. The summed E-state index contributed by atoms with van der Waals surface area (Å²) in [6, 6.07) is 12.9. The van der Waals surface area contributed by atoms with Gasteiger partial charge in [-0.25, -0.2) is 9.97 Å². The van der Waals surface area contributed by atoms with Crippen molar-refractivity contribution in [3.8, 4) is 16.9 Å². The van der Waals surface area contributed by atoms with Crippen molar-refractivity contribution in [1.82, 2.24) is 9.97 Å². The molecule has 4 aromatic rings. The number of ether oxygens (including phenoxy) is 1. The Kier molecular flexibility index (Phi) is 5.59. The third-order valence-electron chi connectivity index (χ3n) is 4.60. The van der Waals surface area contributed by atoms with Crippen LogP contribution in [0.25, 0.3) is 21.2 Å². The monoisotopic (exact) mass is 429 g/mol. The number of halogens is 3. The van der Waals surface area contributed by atoms with Gasteiger partial charge in [0, 0.05) is 26.7 Å². The van der Waals surface area contributed by atoms with E-state index in [1.54, 1.807) is 23.6 Å². The number of thiophene rings is 1. The Morgan fingerprint density at radius 1 is 1.07 bits per heavy atom. The minimum Gasteiger partial charge on any atom is -0.492 e. The van der Waals surface area contributed by atoms with Gasteiger partial charge in [-0.15, -0.1) is 11.3 Å². The second kappa shape index (κ2) is 8.31. The highest BCUT2D eigenvalue weighted by Crippen LogP contribution is 2.40. The van der Waals surface area contributed by atoms with Crippen LogP contribution in [0.1, 0.15) is 10.4 Å². The summed E-state index contributed by atoms with van der Waals surface area (Å²) in [5.41, 5.74) is 1.09. The highest BCUT2D eigenvalue weighted by atomic mass is 32.1. The van der Waals surface area contributed by atoms with Gasteiger partial charge in [-0.1, -0.05) is 12.1 Å². The van der Waals surface area contributed by atoms with Crippen LogP contribution < -0.4 is 10.1 Å². The van der Waals surface area contributed by atoms with Crippen LogP contribution in [0.15, 0.2) is 61.1 Å². The molecule has 0 aliphatic rings. The number of nitrogens with zero attached hydrogens (tertiary/aromatic N) is 2. The molecule has 0 atom stereocenters. The number of nitrogens with one attached hydrogen (secondary N) is 1. The largest absolute Gasteiger partial charge is 0.492 e. The van der Waals surface area contributed by atoms with E-state index in [4.69, 9.17) is 4.74 Å². The molecule has 0 saturated heterocycles. The fraction of sp³-hybridized carbons (Fsp3) is 0.182. The molecule has 0 aliphatic carbocycles. The Morgan fingerprint density at radius 2 is 1.87 bits per heavy atom. The van der Waals surface area contributed by atoms with Gasteiger partial charge in [0.1, 0.15) is 24.5 Å². The Hall–Kier alpha value is -3.13. The number of hydrogen-bond acceptors (Lipinski definition) is 5. The SMILES string of the molecule is Cc1sc2cc(OCCNc3ccncn3)ccc2c1-c1ccc(C(F)(F)F)cc1. The minimum absolute atomic E-state index is 0.464. The molecule has 0 amide bonds. The van der Waals surface area contributed by atoms with Crippen molar-refractivity contribution in [2.45, 2.75) is 13.1 Å². The first-order chi connectivity index (χ1) is 14.4. The van der Waals surface area contributed by atoms with Crippen LogP contribution in [0.2, 0.25) is 0 Å². The zero-order valence-electron chi connectivity index (χ0n) is 16.0. The van der Waals surface area contributed by atoms with E-state index in [9.17, 15) is 13.2 Å². The molecule has 0 aliphatic heterocycles. The van der Waals surface area contributed by atoms with E-state index < -0.39 is 11.7 Å². The van der Waals surface area contributed by atoms with Gasteiger partial charge in [0.05, 0.1) is 12.1 Å². The maximum atomic E-state index is 12.8. The lowest BCUT2D eigenvalue weighted by molar-refractivity contribution is -0.137. The second-order valence-corrected chi connectivity index (χ2v) is 7.89. The lowest BCUT2D eigenvalue weighted by Crippen LogP contribution is -2.12. The topological polar surface area (TPSA) is 47.0 Å². The molecule has 2 aromatic heterocycles. The molecule has 4 nitrogen and oxygen atoms in total. The summed E-state index contributed by atoms with van der Waals surface area (Å²) in [5, 5.41) is 4.15. The molecule has 1 N–H and O–H groups in total. The van der Waals surface area contributed by atoms with Crippen molar-refractivity contribution in [3.63, 3.8) is 0 Å². The van der Waals surface area contributed by atoms with Crippen LogP contribution in [-0.2, 0) is 6.18 Å². The number of aromatic nitrogens is 2. The van der Waals surface area contributed by atoms with Gasteiger partial charge in [-0.2, -0.15) is 13.2 Å². The number of aryl methyl sites for hydroxylation is 1. The van der Waals surface area contributed by atoms with Crippen molar-refractivity contribution >= 4 is 27.2 Å². The first-order valence-electron chi connectivity index (χ1n) is 9.25. The van der Waals surface area contributed by atoms with E-state index in [1.165, 1.54) is 18.5 Å². The van der Waals surface area contributed by atoms with Crippen LogP contribution in [0.4, 0.5) is 19.0 Å². The Balaban J connectivity index is 1.48. The summed E-state index contributed by atoms with van der Waals surface area (Å²) in [7, 11) is 0. The lowest BCUT2D eigenvalue weighted by Gasteiger charge is -2.09. The summed E-state index contributed by atoms with van der Waals surface area (Å²) in [4.78, 5) is 9.00. The van der Waals surface area contributed by atoms with E-state index in [0.717, 1.165) is 49.8 Å². The summed E-state index contributed by atoms with van der Waals surface area (Å²) in [6.45, 7) is 3.03. The van der Waals surface area contributed by atoms with Crippen LogP contribution >= 0.6 is 11.3 Å². The summed E-state index contributed by atoms with van der Waals surface area (Å²) >= 11 is 1.60.